The van der Waals surface area contributed by atoms with E-state index in [9.17, 15) is 10.2 Å². The molecule has 7 rings (SSSR count). The van der Waals surface area contributed by atoms with Gasteiger partial charge in [-0.25, -0.2) is 9.97 Å². The lowest BCUT2D eigenvalue weighted by Gasteiger charge is -2.30. The number of aromatic nitrogens is 2. The zero-order chi connectivity index (χ0) is 38.0. The summed E-state index contributed by atoms with van der Waals surface area (Å²) in [6.07, 6.45) is 7.29. The minimum absolute atomic E-state index is 0.0812. The van der Waals surface area contributed by atoms with Gasteiger partial charge in [0.05, 0.1) is 22.4 Å². The fourth-order valence-corrected chi connectivity index (χ4v) is 10.6. The van der Waals surface area contributed by atoms with Crippen molar-refractivity contribution in [2.24, 2.45) is 0 Å². The molecule has 2 aromatic heterocycles. The molecule has 4 nitrogen and oxygen atoms in total. The number of thioether (sulfide) groups is 2. The van der Waals surface area contributed by atoms with Crippen LogP contribution >= 0.6 is 23.5 Å². The number of aromatic hydroxyl groups is 2. The largest absolute Gasteiger partial charge is 0.507 e. The van der Waals surface area contributed by atoms with Gasteiger partial charge in [-0.05, 0) is 71.2 Å². The van der Waals surface area contributed by atoms with E-state index in [1.54, 1.807) is 0 Å². The van der Waals surface area contributed by atoms with Crippen LogP contribution in [-0.2, 0) is 22.3 Å². The van der Waals surface area contributed by atoms with E-state index in [0.29, 0.717) is 22.0 Å². The Morgan fingerprint density at radius 2 is 0.944 bits per heavy atom. The molecule has 1 fully saturated rings. The van der Waals surface area contributed by atoms with Gasteiger partial charge in [0.1, 0.15) is 11.5 Å². The maximum absolute atomic E-state index is 11.9. The van der Waals surface area contributed by atoms with E-state index in [1.807, 2.05) is 72.1 Å². The molecule has 1 aliphatic carbocycles. The summed E-state index contributed by atoms with van der Waals surface area (Å²) in [5.41, 5.74) is 9.28. The van der Waals surface area contributed by atoms with E-state index >= 15 is 0 Å². The van der Waals surface area contributed by atoms with Gasteiger partial charge in [0.25, 0.3) is 0 Å². The summed E-state index contributed by atoms with van der Waals surface area (Å²) in [5, 5.41) is 26.8. The average Bonchev–Trinajstić information content (AvgIpc) is 3.14. The number of hydrogen-bond acceptors (Lipinski definition) is 6. The second kappa shape index (κ2) is 16.0. The molecule has 280 valence electrons. The zero-order valence-electron chi connectivity index (χ0n) is 32.7. The minimum Gasteiger partial charge on any atom is -0.507 e. The molecule has 2 heterocycles. The van der Waals surface area contributed by atoms with Gasteiger partial charge in [-0.1, -0.05) is 128 Å². The Hall–Kier alpha value is -4.00. The monoisotopic (exact) mass is 754 g/mol. The third kappa shape index (κ3) is 8.61. The molecule has 2 N–H and O–H groups in total. The van der Waals surface area contributed by atoms with Crippen LogP contribution in [0.2, 0.25) is 0 Å². The topological polar surface area (TPSA) is 66.2 Å². The molecule has 0 radical (unpaired) electrons. The molecule has 54 heavy (non-hydrogen) atoms. The third-order valence-corrected chi connectivity index (χ3v) is 14.0. The maximum Gasteiger partial charge on any atom is 0.129 e. The van der Waals surface area contributed by atoms with Crippen molar-refractivity contribution in [3.8, 4) is 34.0 Å². The lowest BCUT2D eigenvalue weighted by molar-refractivity contribution is 0.470. The van der Waals surface area contributed by atoms with Gasteiger partial charge >= 0.3 is 0 Å². The van der Waals surface area contributed by atoms with Crippen molar-refractivity contribution < 1.29 is 10.2 Å². The second-order valence-electron chi connectivity index (χ2n) is 17.0. The highest BCUT2D eigenvalue weighted by molar-refractivity contribution is 8.03. The summed E-state index contributed by atoms with van der Waals surface area (Å²) in [6.45, 7) is 13.4. The van der Waals surface area contributed by atoms with Crippen molar-refractivity contribution in [2.75, 3.05) is 0 Å². The van der Waals surface area contributed by atoms with Gasteiger partial charge in [0.15, 0.2) is 0 Å². The van der Waals surface area contributed by atoms with Crippen molar-refractivity contribution in [1.29, 1.82) is 0 Å². The molecule has 0 unspecified atom stereocenters. The summed E-state index contributed by atoms with van der Waals surface area (Å²) in [6, 6.07) is 33.3. The lowest BCUT2D eigenvalue weighted by atomic mass is 9.84. The van der Waals surface area contributed by atoms with E-state index in [1.165, 1.54) is 36.8 Å². The molecule has 2 atom stereocenters. The lowest BCUT2D eigenvalue weighted by Crippen LogP contribution is -2.22. The maximum atomic E-state index is 11.9. The fourth-order valence-electron chi connectivity index (χ4n) is 7.49. The molecule has 1 aliphatic rings. The number of rotatable bonds is 8. The predicted molar refractivity (Wildman–Crippen MR) is 233 cm³/mol. The first-order valence-corrected chi connectivity index (χ1v) is 21.6. The van der Waals surface area contributed by atoms with E-state index in [0.717, 1.165) is 79.8 Å². The number of phenols is 2. The summed E-state index contributed by atoms with van der Waals surface area (Å²) >= 11 is 3.99. The SMILES string of the molecule is CC(C)(C)c1cc(CS[C@H]2CCCCCC[C@@H]2SCc2cc(C(C)(C)C)cc(-c3ccc4ccccc4n3)c2O)c(O)c(-c2ccc3ccccc3n2)c1. The van der Waals surface area contributed by atoms with Crippen molar-refractivity contribution >= 4 is 45.3 Å². The summed E-state index contributed by atoms with van der Waals surface area (Å²) in [5.74, 6) is 2.15. The summed E-state index contributed by atoms with van der Waals surface area (Å²) < 4.78 is 0. The normalized spacial score (nSPS) is 17.1. The van der Waals surface area contributed by atoms with Crippen LogP contribution in [0.25, 0.3) is 44.3 Å². The van der Waals surface area contributed by atoms with Gasteiger partial charge in [0.2, 0.25) is 0 Å². The van der Waals surface area contributed by atoms with Crippen molar-refractivity contribution in [2.45, 2.75) is 113 Å². The summed E-state index contributed by atoms with van der Waals surface area (Å²) in [7, 11) is 0. The van der Waals surface area contributed by atoms with Crippen LogP contribution in [0, 0.1) is 0 Å². The minimum atomic E-state index is -0.0812. The quantitative estimate of drug-likeness (QED) is 0.161. The van der Waals surface area contributed by atoms with Crippen LogP contribution in [0.1, 0.15) is 102 Å². The standard InChI is InChI=1S/C48H54N2O2S2/c1-47(2,3)35-25-33(45(51)37(27-35)41-23-21-31-15-11-13-17-39(31)49-41)29-53-43-19-9-7-8-10-20-44(43)54-30-34-26-36(48(4,5)6)28-38(46(34)52)42-24-22-32-16-12-14-18-40(32)50-42/h11-18,21-28,43-44,51-52H,7-10,19-20,29-30H2,1-6H3/t43-,44-/m0/s1. The highest BCUT2D eigenvalue weighted by atomic mass is 32.2. The first-order valence-electron chi connectivity index (χ1n) is 19.5. The van der Waals surface area contributed by atoms with Crippen LogP contribution in [0.15, 0.2) is 97.1 Å². The average molecular weight is 755 g/mol. The molecule has 4 aromatic carbocycles. The molecular formula is C48H54N2O2S2. The van der Waals surface area contributed by atoms with E-state index < -0.39 is 0 Å². The number of nitrogens with zero attached hydrogens (tertiary/aromatic N) is 2. The Bertz CT molecular complexity index is 2110. The smallest absolute Gasteiger partial charge is 0.129 e. The number of benzene rings is 4. The highest BCUT2D eigenvalue weighted by Gasteiger charge is 2.27. The number of hydrogen-bond donors (Lipinski definition) is 2. The molecule has 0 aliphatic heterocycles. The molecule has 0 amide bonds. The first-order chi connectivity index (χ1) is 25.8. The molecular weight excluding hydrogens is 701 g/mol. The molecule has 1 saturated carbocycles. The Kier molecular flexibility index (Phi) is 11.3. The molecule has 6 aromatic rings. The predicted octanol–water partition coefficient (Wildman–Crippen LogP) is 13.4. The Morgan fingerprint density at radius 3 is 1.35 bits per heavy atom. The highest BCUT2D eigenvalue weighted by Crippen LogP contribution is 2.44. The molecule has 0 saturated heterocycles. The van der Waals surface area contributed by atoms with Gasteiger partial charge in [0, 0.05) is 55.0 Å². The van der Waals surface area contributed by atoms with Crippen molar-refractivity contribution in [3.05, 3.63) is 119 Å². The molecule has 0 bridgehead atoms. The van der Waals surface area contributed by atoms with E-state index in [4.69, 9.17) is 9.97 Å². The van der Waals surface area contributed by atoms with E-state index in [-0.39, 0.29) is 10.8 Å². The number of fused-ring (bicyclic) bond motifs is 2. The van der Waals surface area contributed by atoms with Gasteiger partial charge in [-0.3, -0.25) is 0 Å². The van der Waals surface area contributed by atoms with Crippen LogP contribution in [0.3, 0.4) is 0 Å². The van der Waals surface area contributed by atoms with Crippen LogP contribution in [-0.4, -0.2) is 30.7 Å². The van der Waals surface area contributed by atoms with Crippen LogP contribution in [0.4, 0.5) is 0 Å². The van der Waals surface area contributed by atoms with Crippen molar-refractivity contribution in [3.63, 3.8) is 0 Å². The molecule has 6 heteroatoms. The molecule has 0 spiro atoms. The summed E-state index contributed by atoms with van der Waals surface area (Å²) in [4.78, 5) is 9.96. The van der Waals surface area contributed by atoms with Gasteiger partial charge < -0.3 is 10.2 Å². The third-order valence-electron chi connectivity index (χ3n) is 10.9. The Morgan fingerprint density at radius 1 is 0.537 bits per heavy atom. The Labute approximate surface area is 330 Å². The Balaban J connectivity index is 1.17. The van der Waals surface area contributed by atoms with Gasteiger partial charge in [-0.2, -0.15) is 23.5 Å². The number of phenolic OH excluding ortho intramolecular Hbond substituents is 2. The van der Waals surface area contributed by atoms with Crippen molar-refractivity contribution in [1.82, 2.24) is 9.97 Å². The van der Waals surface area contributed by atoms with Crippen LogP contribution < -0.4 is 0 Å². The zero-order valence-corrected chi connectivity index (χ0v) is 34.3. The number of pyridine rings is 2. The van der Waals surface area contributed by atoms with E-state index in [2.05, 4.69) is 90.1 Å². The second-order valence-corrected chi connectivity index (χ2v) is 19.5. The number of para-hydroxylation sites is 2. The van der Waals surface area contributed by atoms with Crippen LogP contribution in [0.5, 0.6) is 11.5 Å². The fraction of sp³-hybridized carbons (Fsp3) is 0.375. The van der Waals surface area contributed by atoms with Gasteiger partial charge in [-0.15, -0.1) is 0 Å². The first kappa shape index (κ1) is 38.3.